The number of rotatable bonds is 4. The van der Waals surface area contributed by atoms with Gasteiger partial charge in [0.05, 0.1) is 0 Å². The molecular weight excluding hydrogens is 316 g/mol. The number of hydrogen-bond donors (Lipinski definition) is 0. The van der Waals surface area contributed by atoms with E-state index in [4.69, 9.17) is 9.15 Å². The molecule has 4 heteroatoms. The molecule has 0 fully saturated rings. The molecular formula is C21H14O4. The Hall–Kier alpha value is -3.40. The largest absolute Gasteiger partial charge is 0.489 e. The summed E-state index contributed by atoms with van der Waals surface area (Å²) < 4.78 is 11.2. The summed E-state index contributed by atoms with van der Waals surface area (Å²) in [5.41, 5.74) is 1.51. The summed E-state index contributed by atoms with van der Waals surface area (Å²) in [5.74, 6) is 0.632. The van der Waals surface area contributed by atoms with Crippen LogP contribution in [0, 0.1) is 0 Å². The van der Waals surface area contributed by atoms with E-state index in [2.05, 4.69) is 0 Å². The third kappa shape index (κ3) is 2.90. The minimum atomic E-state index is -0.404. The maximum atomic E-state index is 12.0. The molecule has 4 rings (SSSR count). The van der Waals surface area contributed by atoms with Gasteiger partial charge in [-0.05, 0) is 29.7 Å². The first-order valence-corrected chi connectivity index (χ1v) is 7.87. The quantitative estimate of drug-likeness (QED) is 0.317. The molecule has 0 spiro atoms. The van der Waals surface area contributed by atoms with E-state index in [1.165, 1.54) is 6.07 Å². The van der Waals surface area contributed by atoms with E-state index in [0.29, 0.717) is 16.9 Å². The molecule has 4 nitrogen and oxygen atoms in total. The molecule has 4 aromatic rings. The number of ether oxygens (including phenoxy) is 1. The molecule has 0 amide bonds. The molecule has 25 heavy (non-hydrogen) atoms. The van der Waals surface area contributed by atoms with Gasteiger partial charge in [0.25, 0.3) is 0 Å². The van der Waals surface area contributed by atoms with Crippen molar-refractivity contribution in [3.63, 3.8) is 0 Å². The summed E-state index contributed by atoms with van der Waals surface area (Å²) in [7, 11) is 0. The van der Waals surface area contributed by atoms with Gasteiger partial charge in [-0.2, -0.15) is 0 Å². The highest BCUT2D eigenvalue weighted by molar-refractivity contribution is 6.04. The molecule has 0 unspecified atom stereocenters. The Labute approximate surface area is 143 Å². The van der Waals surface area contributed by atoms with Gasteiger partial charge in [0.2, 0.25) is 0 Å². The molecule has 0 bridgehead atoms. The van der Waals surface area contributed by atoms with Gasteiger partial charge in [0, 0.05) is 28.0 Å². The van der Waals surface area contributed by atoms with E-state index in [-0.39, 0.29) is 6.61 Å². The highest BCUT2D eigenvalue weighted by atomic mass is 16.5. The van der Waals surface area contributed by atoms with E-state index >= 15 is 0 Å². The third-order valence-corrected chi connectivity index (χ3v) is 4.13. The Balaban J connectivity index is 1.74. The second-order valence-electron chi connectivity index (χ2n) is 5.73. The highest BCUT2D eigenvalue weighted by Gasteiger charge is 2.09. The summed E-state index contributed by atoms with van der Waals surface area (Å²) in [6.45, 7) is 0.237. The number of carbonyl (C=O) groups is 1. The first-order valence-electron chi connectivity index (χ1n) is 7.87. The van der Waals surface area contributed by atoms with E-state index in [0.717, 1.165) is 28.0 Å². The lowest BCUT2D eigenvalue weighted by Crippen LogP contribution is -2.04. The van der Waals surface area contributed by atoms with Crippen molar-refractivity contribution in [3.8, 4) is 5.75 Å². The highest BCUT2D eigenvalue weighted by Crippen LogP contribution is 2.27. The van der Waals surface area contributed by atoms with E-state index in [1.807, 2.05) is 36.4 Å². The minimum absolute atomic E-state index is 0.237. The number of aldehydes is 1. The van der Waals surface area contributed by atoms with Gasteiger partial charge in [-0.1, -0.05) is 36.4 Å². The van der Waals surface area contributed by atoms with Crippen molar-refractivity contribution >= 4 is 28.0 Å². The van der Waals surface area contributed by atoms with Crippen LogP contribution in [0.1, 0.15) is 15.9 Å². The van der Waals surface area contributed by atoms with Gasteiger partial charge in [-0.25, -0.2) is 4.79 Å². The Morgan fingerprint density at radius 1 is 0.920 bits per heavy atom. The van der Waals surface area contributed by atoms with Crippen LogP contribution in [0.25, 0.3) is 21.7 Å². The van der Waals surface area contributed by atoms with Crippen molar-refractivity contribution in [1.82, 2.24) is 0 Å². The molecule has 0 saturated carbocycles. The summed E-state index contributed by atoms with van der Waals surface area (Å²) >= 11 is 0. The van der Waals surface area contributed by atoms with E-state index < -0.39 is 5.63 Å². The van der Waals surface area contributed by atoms with Crippen LogP contribution in [0.2, 0.25) is 0 Å². The van der Waals surface area contributed by atoms with Crippen LogP contribution in [-0.2, 0) is 6.61 Å². The van der Waals surface area contributed by atoms with Gasteiger partial charge >= 0.3 is 5.63 Å². The Bertz CT molecular complexity index is 1120. The number of carbonyl (C=O) groups excluding carboxylic acids is 1. The van der Waals surface area contributed by atoms with Gasteiger partial charge in [-0.3, -0.25) is 4.79 Å². The minimum Gasteiger partial charge on any atom is -0.489 e. The molecule has 0 N–H and O–H groups in total. The molecule has 0 saturated heterocycles. The lowest BCUT2D eigenvalue weighted by atomic mass is 10.0. The van der Waals surface area contributed by atoms with Crippen LogP contribution >= 0.6 is 0 Å². The van der Waals surface area contributed by atoms with Crippen LogP contribution in [0.4, 0.5) is 0 Å². The van der Waals surface area contributed by atoms with Gasteiger partial charge in [-0.15, -0.1) is 0 Å². The molecule has 1 heterocycles. The average molecular weight is 330 g/mol. The molecule has 3 aromatic carbocycles. The lowest BCUT2D eigenvalue weighted by Gasteiger charge is -2.09. The van der Waals surface area contributed by atoms with Crippen LogP contribution in [0.3, 0.4) is 0 Å². The average Bonchev–Trinajstić information content (AvgIpc) is 2.66. The molecule has 0 radical (unpaired) electrons. The van der Waals surface area contributed by atoms with Gasteiger partial charge < -0.3 is 9.15 Å². The fraction of sp³-hybridized carbons (Fsp3) is 0.0476. The van der Waals surface area contributed by atoms with Crippen LogP contribution in [0.5, 0.6) is 5.75 Å². The van der Waals surface area contributed by atoms with Crippen molar-refractivity contribution in [3.05, 3.63) is 88.3 Å². The van der Waals surface area contributed by atoms with E-state index in [9.17, 15) is 9.59 Å². The van der Waals surface area contributed by atoms with Crippen molar-refractivity contribution < 1.29 is 13.9 Å². The van der Waals surface area contributed by atoms with Gasteiger partial charge in [0.15, 0.2) is 0 Å². The monoisotopic (exact) mass is 330 g/mol. The van der Waals surface area contributed by atoms with Crippen LogP contribution < -0.4 is 10.4 Å². The molecule has 0 aliphatic rings. The fourth-order valence-corrected chi connectivity index (χ4v) is 2.88. The summed E-state index contributed by atoms with van der Waals surface area (Å²) in [6, 6.07) is 20.0. The smallest absolute Gasteiger partial charge is 0.336 e. The Morgan fingerprint density at radius 2 is 1.72 bits per heavy atom. The molecule has 0 aliphatic carbocycles. The molecule has 0 atom stereocenters. The van der Waals surface area contributed by atoms with Crippen LogP contribution in [-0.4, -0.2) is 6.29 Å². The standard InChI is InChI=1S/C21H14O4/c22-12-14-5-8-17(9-6-14)24-13-16-11-20(23)25-21-18-4-2-1-3-15(18)7-10-19(16)21/h1-12H,13H2. The summed E-state index contributed by atoms with van der Waals surface area (Å²) in [5, 5.41) is 2.76. The predicted octanol–water partition coefficient (Wildman–Crippen LogP) is 4.34. The zero-order valence-corrected chi connectivity index (χ0v) is 13.3. The zero-order valence-electron chi connectivity index (χ0n) is 13.3. The van der Waals surface area contributed by atoms with Gasteiger partial charge in [0.1, 0.15) is 24.2 Å². The second-order valence-corrected chi connectivity index (χ2v) is 5.73. The maximum Gasteiger partial charge on any atom is 0.336 e. The normalized spacial score (nSPS) is 10.9. The number of hydrogen-bond acceptors (Lipinski definition) is 4. The maximum absolute atomic E-state index is 12.0. The van der Waals surface area contributed by atoms with Crippen molar-refractivity contribution in [1.29, 1.82) is 0 Å². The molecule has 0 aliphatic heterocycles. The van der Waals surface area contributed by atoms with Crippen molar-refractivity contribution in [2.24, 2.45) is 0 Å². The zero-order chi connectivity index (χ0) is 17.2. The Morgan fingerprint density at radius 3 is 2.52 bits per heavy atom. The molecule has 122 valence electrons. The SMILES string of the molecule is O=Cc1ccc(OCc2cc(=O)oc3c2ccc2ccccc23)cc1. The first-order chi connectivity index (χ1) is 12.2. The second kappa shape index (κ2) is 6.24. The number of fused-ring (bicyclic) bond motifs is 3. The molecule has 1 aromatic heterocycles. The van der Waals surface area contributed by atoms with E-state index in [1.54, 1.807) is 24.3 Å². The third-order valence-electron chi connectivity index (χ3n) is 4.13. The fourth-order valence-electron chi connectivity index (χ4n) is 2.88. The number of benzene rings is 3. The van der Waals surface area contributed by atoms with Crippen molar-refractivity contribution in [2.75, 3.05) is 0 Å². The van der Waals surface area contributed by atoms with Crippen LogP contribution in [0.15, 0.2) is 75.9 Å². The predicted molar refractivity (Wildman–Crippen MR) is 96.2 cm³/mol. The lowest BCUT2D eigenvalue weighted by molar-refractivity contribution is 0.112. The summed E-state index contributed by atoms with van der Waals surface area (Å²) in [6.07, 6.45) is 0.783. The Kier molecular flexibility index (Phi) is 3.78. The topological polar surface area (TPSA) is 56.5 Å². The van der Waals surface area contributed by atoms with Crippen molar-refractivity contribution in [2.45, 2.75) is 6.61 Å². The summed E-state index contributed by atoms with van der Waals surface area (Å²) in [4.78, 5) is 22.7. The first kappa shape index (κ1) is 15.1.